The minimum Gasteiger partial charge on any atom is -0.334 e. The van der Waals surface area contributed by atoms with Gasteiger partial charge in [-0.05, 0) is 19.3 Å². The largest absolute Gasteiger partial charge is 0.334 e. The third-order valence-corrected chi connectivity index (χ3v) is 3.67. The zero-order chi connectivity index (χ0) is 13.1. The Bertz CT molecular complexity index is 463. The highest BCUT2D eigenvalue weighted by molar-refractivity contribution is 7.89. The molecule has 17 heavy (non-hydrogen) atoms. The van der Waals surface area contributed by atoms with E-state index < -0.39 is 10.0 Å². The quantitative estimate of drug-likeness (QED) is 0.842. The topological polar surface area (TPSA) is 64.0 Å². The minimum absolute atomic E-state index is 0.115. The number of aryl methyl sites for hydroxylation is 2. The molecule has 0 spiro atoms. The number of hydrogen-bond donors (Lipinski definition) is 1. The number of hydrogen-bond acceptors (Lipinski definition) is 3. The summed E-state index contributed by atoms with van der Waals surface area (Å²) < 4.78 is 28.3. The van der Waals surface area contributed by atoms with E-state index in [1.807, 2.05) is 32.3 Å². The Labute approximate surface area is 103 Å². The lowest BCUT2D eigenvalue weighted by Crippen LogP contribution is -2.27. The molecule has 1 rings (SSSR count). The Balaban J connectivity index is 2.88. The highest BCUT2D eigenvalue weighted by atomic mass is 32.2. The van der Waals surface area contributed by atoms with Gasteiger partial charge in [0.2, 0.25) is 0 Å². The zero-order valence-electron chi connectivity index (χ0n) is 10.9. The lowest BCUT2D eigenvalue weighted by molar-refractivity contribution is 0.557. The molecule has 0 saturated carbocycles. The Kier molecular flexibility index (Phi) is 4.70. The second kappa shape index (κ2) is 5.64. The predicted octanol–water partition coefficient (Wildman–Crippen LogP) is 1.54. The van der Waals surface area contributed by atoms with Crippen molar-refractivity contribution in [3.8, 4) is 0 Å². The van der Waals surface area contributed by atoms with Gasteiger partial charge in [0.15, 0.2) is 5.03 Å². The highest BCUT2D eigenvalue weighted by Crippen LogP contribution is 2.09. The van der Waals surface area contributed by atoms with Crippen molar-refractivity contribution in [2.75, 3.05) is 6.54 Å². The fourth-order valence-electron chi connectivity index (χ4n) is 1.43. The molecule has 0 amide bonds. The molecule has 0 aromatic carbocycles. The van der Waals surface area contributed by atoms with Crippen LogP contribution >= 0.6 is 0 Å². The fourth-order valence-corrected chi connectivity index (χ4v) is 2.65. The normalized spacial score (nSPS) is 12.3. The molecule has 0 saturated heterocycles. The maximum absolute atomic E-state index is 11.9. The van der Waals surface area contributed by atoms with Gasteiger partial charge in [-0.3, -0.25) is 0 Å². The summed E-state index contributed by atoms with van der Waals surface area (Å²) in [5.41, 5.74) is 0. The lowest BCUT2D eigenvalue weighted by atomic mass is 10.2. The van der Waals surface area contributed by atoms with Crippen molar-refractivity contribution in [1.29, 1.82) is 0 Å². The van der Waals surface area contributed by atoms with Crippen LogP contribution in [0.3, 0.4) is 0 Å². The molecule has 0 unspecified atom stereocenters. The Morgan fingerprint density at radius 2 is 2.12 bits per heavy atom. The van der Waals surface area contributed by atoms with Crippen molar-refractivity contribution in [1.82, 2.24) is 14.3 Å². The third-order valence-electron chi connectivity index (χ3n) is 2.38. The van der Waals surface area contributed by atoms with Crippen LogP contribution in [-0.4, -0.2) is 24.5 Å². The van der Waals surface area contributed by atoms with Crippen LogP contribution in [0.5, 0.6) is 0 Å². The molecule has 0 aliphatic rings. The van der Waals surface area contributed by atoms with Crippen molar-refractivity contribution < 1.29 is 8.42 Å². The molecule has 1 N–H and O–H groups in total. The van der Waals surface area contributed by atoms with E-state index >= 15 is 0 Å². The monoisotopic (exact) mass is 259 g/mol. The highest BCUT2D eigenvalue weighted by Gasteiger charge is 2.18. The Hall–Kier alpha value is -0.880. The molecule has 0 bridgehead atoms. The molecule has 0 radical (unpaired) electrons. The molecular weight excluding hydrogens is 238 g/mol. The van der Waals surface area contributed by atoms with Gasteiger partial charge in [-0.2, -0.15) is 0 Å². The minimum atomic E-state index is -3.46. The number of aromatic nitrogens is 2. The lowest BCUT2D eigenvalue weighted by Gasteiger charge is -2.06. The van der Waals surface area contributed by atoms with E-state index in [2.05, 4.69) is 9.71 Å². The van der Waals surface area contributed by atoms with Crippen molar-refractivity contribution in [3.05, 3.63) is 12.0 Å². The summed E-state index contributed by atoms with van der Waals surface area (Å²) in [6, 6.07) is 0. The van der Waals surface area contributed by atoms with Crippen LogP contribution < -0.4 is 4.72 Å². The Morgan fingerprint density at radius 1 is 1.47 bits per heavy atom. The SMILES string of the molecule is CCCn1cc(S(=O)(=O)NCC(C)C)nc1C. The van der Waals surface area contributed by atoms with Crippen LogP contribution in [0.25, 0.3) is 0 Å². The second-order valence-corrected chi connectivity index (χ2v) is 6.28. The van der Waals surface area contributed by atoms with Gasteiger partial charge < -0.3 is 4.57 Å². The van der Waals surface area contributed by atoms with E-state index in [4.69, 9.17) is 0 Å². The van der Waals surface area contributed by atoms with Gasteiger partial charge >= 0.3 is 0 Å². The van der Waals surface area contributed by atoms with Crippen molar-refractivity contribution in [3.63, 3.8) is 0 Å². The van der Waals surface area contributed by atoms with Crippen LogP contribution in [0.4, 0.5) is 0 Å². The van der Waals surface area contributed by atoms with Crippen LogP contribution in [0.2, 0.25) is 0 Å². The van der Waals surface area contributed by atoms with Crippen LogP contribution in [0.1, 0.15) is 33.0 Å². The molecule has 0 atom stereocenters. The van der Waals surface area contributed by atoms with E-state index in [-0.39, 0.29) is 10.9 Å². The Morgan fingerprint density at radius 3 is 2.65 bits per heavy atom. The third kappa shape index (κ3) is 3.81. The first-order chi connectivity index (χ1) is 7.86. The summed E-state index contributed by atoms with van der Waals surface area (Å²) >= 11 is 0. The molecule has 1 heterocycles. The maximum Gasteiger partial charge on any atom is 0.259 e. The summed E-state index contributed by atoms with van der Waals surface area (Å²) in [6.45, 7) is 9.01. The van der Waals surface area contributed by atoms with Gasteiger partial charge in [-0.25, -0.2) is 18.1 Å². The number of nitrogens with one attached hydrogen (secondary N) is 1. The molecule has 5 nitrogen and oxygen atoms in total. The van der Waals surface area contributed by atoms with Crippen LogP contribution in [-0.2, 0) is 16.6 Å². The molecule has 98 valence electrons. The summed E-state index contributed by atoms with van der Waals surface area (Å²) in [5, 5.41) is 0.115. The first kappa shape index (κ1) is 14.2. The molecule has 6 heteroatoms. The maximum atomic E-state index is 11.9. The van der Waals surface area contributed by atoms with E-state index in [9.17, 15) is 8.42 Å². The van der Waals surface area contributed by atoms with Gasteiger partial charge in [-0.1, -0.05) is 20.8 Å². The molecule has 0 aliphatic heterocycles. The van der Waals surface area contributed by atoms with E-state index in [1.54, 1.807) is 6.20 Å². The fraction of sp³-hybridized carbons (Fsp3) is 0.727. The van der Waals surface area contributed by atoms with Gasteiger partial charge in [0, 0.05) is 19.3 Å². The van der Waals surface area contributed by atoms with Gasteiger partial charge in [-0.15, -0.1) is 0 Å². The number of nitrogens with zero attached hydrogens (tertiary/aromatic N) is 2. The van der Waals surface area contributed by atoms with E-state index in [0.29, 0.717) is 6.54 Å². The van der Waals surface area contributed by atoms with Gasteiger partial charge in [0.1, 0.15) is 5.82 Å². The molecule has 1 aromatic heterocycles. The smallest absolute Gasteiger partial charge is 0.259 e. The molecule has 1 aromatic rings. The number of sulfonamides is 1. The molecule has 0 fully saturated rings. The average Bonchev–Trinajstić information content (AvgIpc) is 2.59. The predicted molar refractivity (Wildman–Crippen MR) is 67.3 cm³/mol. The first-order valence-electron chi connectivity index (χ1n) is 5.90. The van der Waals surface area contributed by atoms with Crippen molar-refractivity contribution in [2.45, 2.75) is 45.7 Å². The standard InChI is InChI=1S/C11H21N3O2S/c1-5-6-14-8-11(13-10(14)4)17(15,16)12-7-9(2)3/h8-9,12H,5-7H2,1-4H3. The van der Waals surface area contributed by atoms with Gasteiger partial charge in [0.25, 0.3) is 10.0 Å². The van der Waals surface area contributed by atoms with Crippen molar-refractivity contribution in [2.24, 2.45) is 5.92 Å². The molecular formula is C11H21N3O2S. The summed E-state index contributed by atoms with van der Waals surface area (Å²) in [5.74, 6) is 1.01. The second-order valence-electron chi connectivity index (χ2n) is 4.57. The first-order valence-corrected chi connectivity index (χ1v) is 7.38. The van der Waals surface area contributed by atoms with Crippen molar-refractivity contribution >= 4 is 10.0 Å². The van der Waals surface area contributed by atoms with E-state index in [0.717, 1.165) is 18.8 Å². The average molecular weight is 259 g/mol. The van der Waals surface area contributed by atoms with Crippen LogP contribution in [0, 0.1) is 12.8 Å². The summed E-state index contributed by atoms with van der Waals surface area (Å²) in [7, 11) is -3.46. The zero-order valence-corrected chi connectivity index (χ0v) is 11.7. The van der Waals surface area contributed by atoms with Gasteiger partial charge in [0.05, 0.1) is 0 Å². The molecule has 0 aliphatic carbocycles. The number of rotatable bonds is 6. The van der Waals surface area contributed by atoms with Crippen LogP contribution in [0.15, 0.2) is 11.2 Å². The summed E-state index contributed by atoms with van der Waals surface area (Å²) in [6.07, 6.45) is 2.55. The number of imidazole rings is 1. The van der Waals surface area contributed by atoms with E-state index in [1.165, 1.54) is 0 Å². The summed E-state index contributed by atoms with van der Waals surface area (Å²) in [4.78, 5) is 4.09.